The summed E-state index contributed by atoms with van der Waals surface area (Å²) < 4.78 is 0. The van der Waals surface area contributed by atoms with Crippen molar-refractivity contribution < 1.29 is 0 Å². The normalized spacial score (nSPS) is 18.9. The van der Waals surface area contributed by atoms with Crippen LogP contribution < -0.4 is 0 Å². The maximum atomic E-state index is 2.41. The van der Waals surface area contributed by atoms with E-state index in [0.717, 1.165) is 6.42 Å². The first-order chi connectivity index (χ1) is 14.0. The van der Waals surface area contributed by atoms with Crippen LogP contribution in [-0.4, -0.2) is 0 Å². The summed E-state index contributed by atoms with van der Waals surface area (Å²) in [4.78, 5) is 0. The number of allylic oxidation sites excluding steroid dienone is 2. The van der Waals surface area contributed by atoms with Crippen molar-refractivity contribution in [2.45, 2.75) is 46.0 Å². The third-order valence-electron chi connectivity index (χ3n) is 6.91. The predicted octanol–water partition coefficient (Wildman–Crippen LogP) is 7.43. The standard InChI is InChI=1S/C29H28/c1-18-9-11-20(3)28-23(13-14-24(18)28)17-22-7-5-6-8-26(22)27-16-15-25-19(2)10-12-21(4)29(25)27/h5-16,23,27H,17H2,1-4H3. The van der Waals surface area contributed by atoms with Gasteiger partial charge in [-0.1, -0.05) is 72.8 Å². The first-order valence-electron chi connectivity index (χ1n) is 10.7. The molecule has 0 heterocycles. The fraction of sp³-hybridized carbons (Fsp3) is 0.241. The largest absolute Gasteiger partial charge is 0.0760 e. The van der Waals surface area contributed by atoms with Crippen molar-refractivity contribution in [2.24, 2.45) is 0 Å². The van der Waals surface area contributed by atoms with E-state index in [9.17, 15) is 0 Å². The highest BCUT2D eigenvalue weighted by Gasteiger charge is 2.26. The zero-order chi connectivity index (χ0) is 20.1. The van der Waals surface area contributed by atoms with Crippen LogP contribution >= 0.6 is 0 Å². The lowest BCUT2D eigenvalue weighted by Gasteiger charge is -2.21. The van der Waals surface area contributed by atoms with Gasteiger partial charge in [0, 0.05) is 11.8 Å². The van der Waals surface area contributed by atoms with Gasteiger partial charge in [0.05, 0.1) is 0 Å². The molecular formula is C29H28. The molecule has 0 nitrogen and oxygen atoms in total. The highest BCUT2D eigenvalue weighted by molar-refractivity contribution is 5.71. The molecule has 0 N–H and O–H groups in total. The number of benzene rings is 3. The van der Waals surface area contributed by atoms with Crippen molar-refractivity contribution >= 4 is 12.2 Å². The molecule has 2 atom stereocenters. The Morgan fingerprint density at radius 1 is 0.621 bits per heavy atom. The van der Waals surface area contributed by atoms with Gasteiger partial charge in [-0.15, -0.1) is 0 Å². The van der Waals surface area contributed by atoms with Crippen LogP contribution in [0.25, 0.3) is 12.2 Å². The molecule has 0 saturated heterocycles. The van der Waals surface area contributed by atoms with Crippen molar-refractivity contribution in [3.63, 3.8) is 0 Å². The van der Waals surface area contributed by atoms with E-state index in [1.165, 1.54) is 55.6 Å². The van der Waals surface area contributed by atoms with Crippen LogP contribution in [0, 0.1) is 27.7 Å². The Morgan fingerprint density at radius 2 is 1.21 bits per heavy atom. The molecular weight excluding hydrogens is 348 g/mol. The quantitative estimate of drug-likeness (QED) is 0.446. The lowest BCUT2D eigenvalue weighted by atomic mass is 9.82. The fourth-order valence-electron chi connectivity index (χ4n) is 5.34. The predicted molar refractivity (Wildman–Crippen MR) is 125 cm³/mol. The van der Waals surface area contributed by atoms with E-state index in [1.807, 2.05) is 0 Å². The molecule has 0 bridgehead atoms. The minimum Gasteiger partial charge on any atom is -0.0760 e. The zero-order valence-corrected chi connectivity index (χ0v) is 17.8. The average molecular weight is 377 g/mol. The van der Waals surface area contributed by atoms with Crippen LogP contribution in [0.1, 0.15) is 67.5 Å². The molecule has 2 unspecified atom stereocenters. The molecule has 0 heteroatoms. The number of rotatable bonds is 3. The summed E-state index contributed by atoms with van der Waals surface area (Å²) in [5.41, 5.74) is 14.4. The topological polar surface area (TPSA) is 0 Å². The van der Waals surface area contributed by atoms with Crippen LogP contribution in [0.15, 0.2) is 60.7 Å². The average Bonchev–Trinajstić information content (AvgIpc) is 3.35. The van der Waals surface area contributed by atoms with E-state index in [0.29, 0.717) is 11.8 Å². The Bertz CT molecular complexity index is 1170. The molecule has 0 amide bonds. The minimum absolute atomic E-state index is 0.365. The Balaban J connectivity index is 1.55. The Labute approximate surface area is 174 Å². The van der Waals surface area contributed by atoms with Crippen LogP contribution in [0.3, 0.4) is 0 Å². The summed E-state index contributed by atoms with van der Waals surface area (Å²) in [5.74, 6) is 0.832. The Morgan fingerprint density at radius 3 is 1.97 bits per heavy atom. The molecule has 0 aromatic heterocycles. The second kappa shape index (κ2) is 6.88. The molecule has 0 spiro atoms. The Kier molecular flexibility index (Phi) is 4.32. The van der Waals surface area contributed by atoms with Crippen molar-refractivity contribution in [2.75, 3.05) is 0 Å². The molecule has 0 aliphatic heterocycles. The van der Waals surface area contributed by atoms with Crippen LogP contribution in [-0.2, 0) is 6.42 Å². The molecule has 2 aliphatic rings. The van der Waals surface area contributed by atoms with Gasteiger partial charge in [-0.3, -0.25) is 0 Å². The van der Waals surface area contributed by atoms with E-state index in [1.54, 1.807) is 0 Å². The third kappa shape index (κ3) is 2.90. The van der Waals surface area contributed by atoms with Crippen LogP contribution in [0.4, 0.5) is 0 Å². The van der Waals surface area contributed by atoms with E-state index >= 15 is 0 Å². The lowest BCUT2D eigenvalue weighted by Crippen LogP contribution is -2.07. The van der Waals surface area contributed by atoms with Crippen molar-refractivity contribution in [3.8, 4) is 0 Å². The van der Waals surface area contributed by atoms with Gasteiger partial charge in [-0.25, -0.2) is 0 Å². The van der Waals surface area contributed by atoms with Gasteiger partial charge in [-0.05, 0) is 89.8 Å². The molecule has 3 aromatic rings. The highest BCUT2D eigenvalue weighted by atomic mass is 14.3. The molecule has 144 valence electrons. The minimum atomic E-state index is 0.365. The van der Waals surface area contributed by atoms with Crippen molar-refractivity contribution in [1.82, 2.24) is 0 Å². The number of hydrogen-bond acceptors (Lipinski definition) is 0. The van der Waals surface area contributed by atoms with E-state index in [4.69, 9.17) is 0 Å². The third-order valence-corrected chi connectivity index (χ3v) is 6.91. The molecule has 0 radical (unpaired) electrons. The number of aryl methyl sites for hydroxylation is 4. The summed E-state index contributed by atoms with van der Waals surface area (Å²) in [6, 6.07) is 18.1. The maximum absolute atomic E-state index is 2.41. The summed E-state index contributed by atoms with van der Waals surface area (Å²) in [7, 11) is 0. The SMILES string of the molecule is Cc1ccc(C)c2c1C=CC2Cc1ccccc1C1C=Cc2c(C)ccc(C)c21. The van der Waals surface area contributed by atoms with E-state index in [-0.39, 0.29) is 0 Å². The molecule has 2 aliphatic carbocycles. The van der Waals surface area contributed by atoms with Gasteiger partial charge in [0.25, 0.3) is 0 Å². The lowest BCUT2D eigenvalue weighted by molar-refractivity contribution is 0.823. The summed E-state index contributed by atoms with van der Waals surface area (Å²) in [6.45, 7) is 8.96. The summed E-state index contributed by atoms with van der Waals surface area (Å²) >= 11 is 0. The van der Waals surface area contributed by atoms with Gasteiger partial charge in [0.1, 0.15) is 0 Å². The van der Waals surface area contributed by atoms with Gasteiger partial charge in [0.15, 0.2) is 0 Å². The van der Waals surface area contributed by atoms with E-state index < -0.39 is 0 Å². The van der Waals surface area contributed by atoms with Gasteiger partial charge in [-0.2, -0.15) is 0 Å². The first-order valence-corrected chi connectivity index (χ1v) is 10.7. The molecule has 29 heavy (non-hydrogen) atoms. The Hall–Kier alpha value is -2.86. The second-order valence-corrected chi connectivity index (χ2v) is 8.76. The number of fused-ring (bicyclic) bond motifs is 2. The summed E-state index contributed by atoms with van der Waals surface area (Å²) in [6.07, 6.45) is 10.5. The molecule has 3 aromatic carbocycles. The fourth-order valence-corrected chi connectivity index (χ4v) is 5.34. The number of hydrogen-bond donors (Lipinski definition) is 0. The van der Waals surface area contributed by atoms with Crippen molar-refractivity contribution in [3.05, 3.63) is 116 Å². The van der Waals surface area contributed by atoms with Gasteiger partial charge >= 0.3 is 0 Å². The monoisotopic (exact) mass is 376 g/mol. The first kappa shape index (κ1) is 18.2. The van der Waals surface area contributed by atoms with E-state index in [2.05, 4.69) is 101 Å². The summed E-state index contributed by atoms with van der Waals surface area (Å²) in [5, 5.41) is 0. The molecule has 0 fully saturated rings. The van der Waals surface area contributed by atoms with Gasteiger partial charge < -0.3 is 0 Å². The maximum Gasteiger partial charge on any atom is 0.0284 e. The van der Waals surface area contributed by atoms with Crippen LogP contribution in [0.5, 0.6) is 0 Å². The van der Waals surface area contributed by atoms with Crippen molar-refractivity contribution in [1.29, 1.82) is 0 Å². The van der Waals surface area contributed by atoms with Gasteiger partial charge in [0.2, 0.25) is 0 Å². The zero-order valence-electron chi connectivity index (χ0n) is 17.8. The highest BCUT2D eigenvalue weighted by Crippen LogP contribution is 2.42. The smallest absolute Gasteiger partial charge is 0.0284 e. The second-order valence-electron chi connectivity index (χ2n) is 8.76. The molecule has 5 rings (SSSR count). The molecule has 0 saturated carbocycles. The van der Waals surface area contributed by atoms with Crippen LogP contribution in [0.2, 0.25) is 0 Å².